The zero-order valence-electron chi connectivity index (χ0n) is 10.6. The molecule has 19 heavy (non-hydrogen) atoms. The van der Waals surface area contributed by atoms with E-state index in [-0.39, 0.29) is 30.1 Å². The fourth-order valence-electron chi connectivity index (χ4n) is 1.82. The van der Waals surface area contributed by atoms with Crippen LogP contribution in [0.3, 0.4) is 0 Å². The molecule has 1 rings (SSSR count). The van der Waals surface area contributed by atoms with E-state index in [2.05, 4.69) is 0 Å². The van der Waals surface area contributed by atoms with Crippen LogP contribution in [0.25, 0.3) is 0 Å². The first-order valence-electron chi connectivity index (χ1n) is 5.88. The fraction of sp³-hybridized carbons (Fsp3) is 0.417. The number of carbonyl (C=O) groups is 1. The maximum Gasteiger partial charge on any atom is 0.337 e. The van der Waals surface area contributed by atoms with Crippen molar-refractivity contribution in [2.75, 3.05) is 24.6 Å². The molecular weight excluding hydrogens is 252 g/mol. The monoisotopic (exact) mass is 268 g/mol. The van der Waals surface area contributed by atoms with E-state index in [1.807, 2.05) is 6.92 Å². The number of rotatable bonds is 7. The van der Waals surface area contributed by atoms with Crippen LogP contribution in [0, 0.1) is 10.1 Å². The Balaban J connectivity index is 3.28. The number of hydrogen-bond donors (Lipinski definition) is 2. The van der Waals surface area contributed by atoms with E-state index in [1.54, 1.807) is 4.90 Å². The minimum Gasteiger partial charge on any atom is -0.478 e. The molecule has 7 nitrogen and oxygen atoms in total. The van der Waals surface area contributed by atoms with E-state index in [0.717, 1.165) is 12.5 Å². The first kappa shape index (κ1) is 14.9. The van der Waals surface area contributed by atoms with Crippen LogP contribution in [0.2, 0.25) is 0 Å². The molecular formula is C12H16N2O5. The van der Waals surface area contributed by atoms with E-state index in [4.69, 9.17) is 10.2 Å². The number of aliphatic hydroxyl groups is 1. The van der Waals surface area contributed by atoms with E-state index >= 15 is 0 Å². The smallest absolute Gasteiger partial charge is 0.337 e. The van der Waals surface area contributed by atoms with Crippen molar-refractivity contribution in [1.82, 2.24) is 0 Å². The van der Waals surface area contributed by atoms with Crippen molar-refractivity contribution in [3.05, 3.63) is 33.9 Å². The SMILES string of the molecule is CCCN(CCO)c1cc([N+](=O)[O-])ccc1C(=O)O. The van der Waals surface area contributed by atoms with E-state index < -0.39 is 10.9 Å². The molecule has 1 aromatic rings. The molecule has 0 aliphatic rings. The highest BCUT2D eigenvalue weighted by Gasteiger charge is 2.19. The Morgan fingerprint density at radius 3 is 2.58 bits per heavy atom. The summed E-state index contributed by atoms with van der Waals surface area (Å²) in [6, 6.07) is 3.61. The average Bonchev–Trinajstić information content (AvgIpc) is 2.37. The summed E-state index contributed by atoms with van der Waals surface area (Å²) in [7, 11) is 0. The summed E-state index contributed by atoms with van der Waals surface area (Å²) in [5.74, 6) is -1.15. The molecule has 0 heterocycles. The van der Waals surface area contributed by atoms with Crippen LogP contribution in [0.1, 0.15) is 23.7 Å². The lowest BCUT2D eigenvalue weighted by molar-refractivity contribution is -0.384. The molecule has 2 N–H and O–H groups in total. The standard InChI is InChI=1S/C12H16N2O5/c1-2-5-13(6-7-15)11-8-9(14(18)19)3-4-10(11)12(16)17/h3-4,8,15H,2,5-7H2,1H3,(H,16,17). The quantitative estimate of drug-likeness (QED) is 0.573. The number of non-ortho nitro benzene ring substituents is 1. The Morgan fingerprint density at radius 1 is 1.42 bits per heavy atom. The number of benzene rings is 1. The molecule has 0 aliphatic carbocycles. The highest BCUT2D eigenvalue weighted by molar-refractivity contribution is 5.95. The van der Waals surface area contributed by atoms with Gasteiger partial charge in [-0.1, -0.05) is 6.92 Å². The van der Waals surface area contributed by atoms with Crippen LogP contribution in [0.4, 0.5) is 11.4 Å². The van der Waals surface area contributed by atoms with Crippen LogP contribution in [-0.2, 0) is 0 Å². The molecule has 0 radical (unpaired) electrons. The Kier molecular flexibility index (Phi) is 5.25. The van der Waals surface area contributed by atoms with Gasteiger partial charge in [0.1, 0.15) is 0 Å². The summed E-state index contributed by atoms with van der Waals surface area (Å²) in [6.07, 6.45) is 0.738. The maximum absolute atomic E-state index is 11.2. The van der Waals surface area contributed by atoms with Gasteiger partial charge in [-0.15, -0.1) is 0 Å². The molecule has 0 saturated heterocycles. The number of anilines is 1. The second-order valence-corrected chi connectivity index (χ2v) is 3.97. The molecule has 0 spiro atoms. The predicted octanol–water partition coefficient (Wildman–Crippen LogP) is 1.50. The number of nitrogens with zero attached hydrogens (tertiary/aromatic N) is 2. The summed E-state index contributed by atoms with van der Waals surface area (Å²) in [5, 5.41) is 28.9. The van der Waals surface area contributed by atoms with Gasteiger partial charge in [-0.25, -0.2) is 4.79 Å². The second kappa shape index (κ2) is 6.69. The van der Waals surface area contributed by atoms with Gasteiger partial charge < -0.3 is 15.1 Å². The third-order valence-electron chi connectivity index (χ3n) is 2.63. The molecule has 0 amide bonds. The van der Waals surface area contributed by atoms with Crippen molar-refractivity contribution >= 4 is 17.3 Å². The lowest BCUT2D eigenvalue weighted by Gasteiger charge is -2.24. The third-order valence-corrected chi connectivity index (χ3v) is 2.63. The van der Waals surface area contributed by atoms with Gasteiger partial charge in [0.25, 0.3) is 5.69 Å². The van der Waals surface area contributed by atoms with E-state index in [1.165, 1.54) is 12.1 Å². The van der Waals surface area contributed by atoms with Crippen LogP contribution >= 0.6 is 0 Å². The Hall–Kier alpha value is -2.15. The highest BCUT2D eigenvalue weighted by atomic mass is 16.6. The molecule has 0 aromatic heterocycles. The van der Waals surface area contributed by atoms with Crippen LogP contribution in [0.5, 0.6) is 0 Å². The number of nitro groups is 1. The van der Waals surface area contributed by atoms with Gasteiger partial charge in [0.15, 0.2) is 0 Å². The number of nitro benzene ring substituents is 1. The molecule has 0 fully saturated rings. The van der Waals surface area contributed by atoms with Gasteiger partial charge in [-0.3, -0.25) is 10.1 Å². The van der Waals surface area contributed by atoms with Gasteiger partial charge in [0, 0.05) is 25.2 Å². The molecule has 0 saturated carbocycles. The third kappa shape index (κ3) is 3.65. The molecule has 0 unspecified atom stereocenters. The summed E-state index contributed by atoms with van der Waals surface area (Å²) in [5.41, 5.74) is 0.0872. The van der Waals surface area contributed by atoms with Gasteiger partial charge in [0.2, 0.25) is 0 Å². The summed E-state index contributed by atoms with van der Waals surface area (Å²) in [4.78, 5) is 23.0. The first-order valence-corrected chi connectivity index (χ1v) is 5.88. The topological polar surface area (TPSA) is 104 Å². The largest absolute Gasteiger partial charge is 0.478 e. The number of aromatic carboxylic acids is 1. The number of aliphatic hydroxyl groups excluding tert-OH is 1. The molecule has 104 valence electrons. The molecule has 0 aliphatic heterocycles. The van der Waals surface area contributed by atoms with Crippen LogP contribution in [-0.4, -0.2) is 40.8 Å². The fourth-order valence-corrected chi connectivity index (χ4v) is 1.82. The van der Waals surface area contributed by atoms with Gasteiger partial charge in [-0.2, -0.15) is 0 Å². The Labute approximate surface area is 110 Å². The molecule has 0 bridgehead atoms. The van der Waals surface area contributed by atoms with Gasteiger partial charge in [0.05, 0.1) is 22.8 Å². The number of carboxylic acids is 1. The minimum absolute atomic E-state index is 0.00694. The normalized spacial score (nSPS) is 10.2. The maximum atomic E-state index is 11.2. The zero-order valence-corrected chi connectivity index (χ0v) is 10.6. The predicted molar refractivity (Wildman–Crippen MR) is 69.6 cm³/mol. The van der Waals surface area contributed by atoms with Gasteiger partial charge >= 0.3 is 5.97 Å². The number of carboxylic acid groups (broad SMARTS) is 1. The lowest BCUT2D eigenvalue weighted by Crippen LogP contribution is -2.29. The zero-order chi connectivity index (χ0) is 14.4. The molecule has 1 aromatic carbocycles. The Morgan fingerprint density at radius 2 is 2.11 bits per heavy atom. The highest BCUT2D eigenvalue weighted by Crippen LogP contribution is 2.26. The van der Waals surface area contributed by atoms with Crippen molar-refractivity contribution in [3.8, 4) is 0 Å². The van der Waals surface area contributed by atoms with Crippen LogP contribution < -0.4 is 4.90 Å². The van der Waals surface area contributed by atoms with Crippen LogP contribution in [0.15, 0.2) is 18.2 Å². The van der Waals surface area contributed by atoms with Crippen molar-refractivity contribution < 1.29 is 19.9 Å². The van der Waals surface area contributed by atoms with Crippen molar-refractivity contribution in [1.29, 1.82) is 0 Å². The minimum atomic E-state index is -1.15. The lowest BCUT2D eigenvalue weighted by atomic mass is 10.1. The summed E-state index contributed by atoms with van der Waals surface area (Å²) in [6.45, 7) is 2.50. The average molecular weight is 268 g/mol. The number of hydrogen-bond acceptors (Lipinski definition) is 5. The Bertz CT molecular complexity index is 469. The molecule has 7 heteroatoms. The second-order valence-electron chi connectivity index (χ2n) is 3.97. The summed E-state index contributed by atoms with van der Waals surface area (Å²) >= 11 is 0. The summed E-state index contributed by atoms with van der Waals surface area (Å²) < 4.78 is 0. The first-order chi connectivity index (χ1) is 9.01. The van der Waals surface area contributed by atoms with E-state index in [9.17, 15) is 14.9 Å². The van der Waals surface area contributed by atoms with E-state index in [0.29, 0.717) is 6.54 Å². The van der Waals surface area contributed by atoms with Gasteiger partial charge in [-0.05, 0) is 12.5 Å². The molecule has 0 atom stereocenters. The van der Waals surface area contributed by atoms with Crippen molar-refractivity contribution in [2.45, 2.75) is 13.3 Å². The van der Waals surface area contributed by atoms with Crippen molar-refractivity contribution in [2.24, 2.45) is 0 Å². The van der Waals surface area contributed by atoms with Crippen molar-refractivity contribution in [3.63, 3.8) is 0 Å².